The Kier molecular flexibility index (Phi) is 2.73. The summed E-state index contributed by atoms with van der Waals surface area (Å²) in [5, 5.41) is 0.355. The Morgan fingerprint density at radius 2 is 2.17 bits per heavy atom. The van der Waals surface area contributed by atoms with E-state index < -0.39 is 6.09 Å². The summed E-state index contributed by atoms with van der Waals surface area (Å²) in [5.74, 6) is -0.0864. The zero-order valence-electron chi connectivity index (χ0n) is 5.75. The molecule has 0 aliphatic rings. The van der Waals surface area contributed by atoms with Crippen molar-refractivity contribution in [1.29, 1.82) is 0 Å². The molecule has 0 aromatic carbocycles. The van der Waals surface area contributed by atoms with Crippen LogP contribution in [0.25, 0.3) is 0 Å². The van der Waals surface area contributed by atoms with E-state index in [9.17, 15) is 4.79 Å². The van der Waals surface area contributed by atoms with Crippen molar-refractivity contribution in [2.75, 3.05) is 0 Å². The highest BCUT2D eigenvalue weighted by Crippen LogP contribution is 2.23. The average Bonchev–Trinajstić information content (AvgIpc) is 1.96. The molecular weight excluding hydrogens is 203 g/mol. The lowest BCUT2D eigenvalue weighted by Gasteiger charge is -2.01. The van der Waals surface area contributed by atoms with Gasteiger partial charge in [0.15, 0.2) is 0 Å². The van der Waals surface area contributed by atoms with Crippen LogP contribution < -0.4 is 10.5 Å². The van der Waals surface area contributed by atoms with Crippen LogP contribution in [0.5, 0.6) is 5.88 Å². The van der Waals surface area contributed by atoms with E-state index in [4.69, 9.17) is 28.9 Å². The van der Waals surface area contributed by atoms with E-state index in [1.807, 2.05) is 0 Å². The van der Waals surface area contributed by atoms with E-state index in [2.05, 4.69) is 9.72 Å². The topological polar surface area (TPSA) is 65.2 Å². The van der Waals surface area contributed by atoms with Crippen LogP contribution in [-0.2, 0) is 0 Å². The molecule has 6 heteroatoms. The molecule has 1 heterocycles. The fraction of sp³-hybridized carbons (Fsp3) is 0. The normalized spacial score (nSPS) is 9.50. The lowest BCUT2D eigenvalue weighted by atomic mass is 10.5. The number of hydrogen-bond acceptors (Lipinski definition) is 3. The van der Waals surface area contributed by atoms with Gasteiger partial charge in [-0.25, -0.2) is 4.79 Å². The second-order valence-electron chi connectivity index (χ2n) is 1.84. The molecule has 0 aliphatic carbocycles. The molecule has 1 rings (SSSR count). The molecule has 1 aromatic heterocycles. The SMILES string of the molecule is NC(=O)Oc1nc(Cl)ccc1Cl. The number of carbonyl (C=O) groups is 1. The van der Waals surface area contributed by atoms with Crippen molar-refractivity contribution < 1.29 is 9.53 Å². The van der Waals surface area contributed by atoms with Crippen LogP contribution in [0.4, 0.5) is 4.79 Å². The van der Waals surface area contributed by atoms with Crippen LogP contribution in [0.15, 0.2) is 12.1 Å². The van der Waals surface area contributed by atoms with Gasteiger partial charge < -0.3 is 10.5 Å². The number of amides is 1. The summed E-state index contributed by atoms with van der Waals surface area (Å²) in [4.78, 5) is 13.9. The maximum absolute atomic E-state index is 10.3. The molecule has 0 bridgehead atoms. The fourth-order valence-electron chi connectivity index (χ4n) is 0.568. The minimum absolute atomic E-state index is 0.0864. The van der Waals surface area contributed by atoms with E-state index in [0.717, 1.165) is 0 Å². The number of aromatic nitrogens is 1. The Balaban J connectivity index is 2.97. The number of carbonyl (C=O) groups excluding carboxylic acids is 1. The molecule has 0 fully saturated rings. The van der Waals surface area contributed by atoms with Gasteiger partial charge >= 0.3 is 6.09 Å². The first kappa shape index (κ1) is 9.09. The van der Waals surface area contributed by atoms with Crippen LogP contribution in [0.2, 0.25) is 10.2 Å². The lowest BCUT2D eigenvalue weighted by molar-refractivity contribution is 0.209. The Bertz CT molecular complexity index is 316. The maximum atomic E-state index is 10.3. The number of ether oxygens (including phenoxy) is 1. The minimum Gasteiger partial charge on any atom is -0.390 e. The molecule has 0 radical (unpaired) electrons. The van der Waals surface area contributed by atoms with E-state index in [1.54, 1.807) is 0 Å². The van der Waals surface area contributed by atoms with Gasteiger partial charge in [-0.05, 0) is 12.1 Å². The van der Waals surface area contributed by atoms with Crippen LogP contribution in [-0.4, -0.2) is 11.1 Å². The highest BCUT2D eigenvalue weighted by atomic mass is 35.5. The Labute approximate surface area is 78.2 Å². The summed E-state index contributed by atoms with van der Waals surface area (Å²) in [7, 11) is 0. The number of primary amides is 1. The molecule has 0 saturated carbocycles. The summed E-state index contributed by atoms with van der Waals surface area (Å²) >= 11 is 11.1. The van der Waals surface area contributed by atoms with Crippen LogP contribution >= 0.6 is 23.2 Å². The first-order chi connectivity index (χ1) is 5.59. The molecule has 0 saturated heterocycles. The molecule has 64 valence electrons. The second kappa shape index (κ2) is 3.60. The molecular formula is C6H4Cl2N2O2. The predicted octanol–water partition coefficient (Wildman–Crippen LogP) is 1.85. The van der Waals surface area contributed by atoms with Gasteiger partial charge in [0.2, 0.25) is 5.88 Å². The zero-order valence-corrected chi connectivity index (χ0v) is 7.26. The number of nitrogens with zero attached hydrogens (tertiary/aromatic N) is 1. The first-order valence-electron chi connectivity index (χ1n) is 2.89. The summed E-state index contributed by atoms with van der Waals surface area (Å²) in [6.07, 6.45) is -0.980. The van der Waals surface area contributed by atoms with E-state index in [0.29, 0.717) is 0 Å². The lowest BCUT2D eigenvalue weighted by Crippen LogP contribution is -2.17. The van der Waals surface area contributed by atoms with Gasteiger partial charge in [0.05, 0.1) is 0 Å². The summed E-state index contributed by atoms with van der Waals surface area (Å²) in [5.41, 5.74) is 4.74. The van der Waals surface area contributed by atoms with Crippen molar-refractivity contribution >= 4 is 29.3 Å². The summed E-state index contributed by atoms with van der Waals surface area (Å²) in [6, 6.07) is 2.92. The number of halogens is 2. The molecule has 0 unspecified atom stereocenters. The zero-order chi connectivity index (χ0) is 9.14. The van der Waals surface area contributed by atoms with Crippen molar-refractivity contribution in [3.8, 4) is 5.88 Å². The van der Waals surface area contributed by atoms with Gasteiger partial charge in [-0.15, -0.1) is 0 Å². The van der Waals surface area contributed by atoms with E-state index >= 15 is 0 Å². The molecule has 0 atom stereocenters. The third-order valence-corrected chi connectivity index (χ3v) is 1.48. The fourth-order valence-corrected chi connectivity index (χ4v) is 0.851. The smallest absolute Gasteiger partial charge is 0.390 e. The number of rotatable bonds is 1. The molecule has 4 nitrogen and oxygen atoms in total. The summed E-state index contributed by atoms with van der Waals surface area (Å²) < 4.78 is 4.44. The Morgan fingerprint density at radius 3 is 2.75 bits per heavy atom. The number of nitrogens with two attached hydrogens (primary N) is 1. The first-order valence-corrected chi connectivity index (χ1v) is 3.64. The van der Waals surface area contributed by atoms with Gasteiger partial charge in [0, 0.05) is 0 Å². The Morgan fingerprint density at radius 1 is 1.50 bits per heavy atom. The van der Waals surface area contributed by atoms with Crippen molar-refractivity contribution in [3.05, 3.63) is 22.3 Å². The monoisotopic (exact) mass is 206 g/mol. The third kappa shape index (κ3) is 2.25. The van der Waals surface area contributed by atoms with Gasteiger partial charge in [-0.3, -0.25) is 0 Å². The van der Waals surface area contributed by atoms with Crippen LogP contribution in [0.3, 0.4) is 0 Å². The van der Waals surface area contributed by atoms with Gasteiger partial charge in [-0.2, -0.15) is 4.98 Å². The molecule has 0 spiro atoms. The number of pyridine rings is 1. The molecule has 0 aliphatic heterocycles. The highest BCUT2D eigenvalue weighted by molar-refractivity contribution is 6.33. The van der Waals surface area contributed by atoms with E-state index in [1.165, 1.54) is 12.1 Å². The molecule has 12 heavy (non-hydrogen) atoms. The van der Waals surface area contributed by atoms with Crippen molar-refractivity contribution in [1.82, 2.24) is 4.98 Å². The highest BCUT2D eigenvalue weighted by Gasteiger charge is 2.06. The number of hydrogen-bond donors (Lipinski definition) is 1. The van der Waals surface area contributed by atoms with Crippen molar-refractivity contribution in [2.24, 2.45) is 5.73 Å². The summed E-state index contributed by atoms with van der Waals surface area (Å²) in [6.45, 7) is 0. The standard InChI is InChI=1S/C6H4Cl2N2O2/c7-3-1-2-4(8)10-5(3)12-6(9)11/h1-2H,(H2,9,11). The average molecular weight is 207 g/mol. The molecule has 1 amide bonds. The minimum atomic E-state index is -0.980. The largest absolute Gasteiger partial charge is 0.411 e. The quantitative estimate of drug-likeness (QED) is 0.714. The van der Waals surface area contributed by atoms with E-state index in [-0.39, 0.29) is 16.1 Å². The third-order valence-electron chi connectivity index (χ3n) is 0.977. The van der Waals surface area contributed by atoms with Gasteiger partial charge in [0.25, 0.3) is 0 Å². The van der Waals surface area contributed by atoms with Crippen molar-refractivity contribution in [2.45, 2.75) is 0 Å². The van der Waals surface area contributed by atoms with Gasteiger partial charge in [-0.1, -0.05) is 23.2 Å². The van der Waals surface area contributed by atoms with Gasteiger partial charge in [0.1, 0.15) is 10.2 Å². The molecule has 1 aromatic rings. The van der Waals surface area contributed by atoms with Crippen molar-refractivity contribution in [3.63, 3.8) is 0 Å². The maximum Gasteiger partial charge on any atom is 0.411 e. The predicted molar refractivity (Wildman–Crippen MR) is 44.5 cm³/mol. The van der Waals surface area contributed by atoms with Crippen LogP contribution in [0, 0.1) is 0 Å². The molecule has 2 N–H and O–H groups in total. The Hall–Kier alpha value is -1.000. The second-order valence-corrected chi connectivity index (χ2v) is 2.64. The van der Waals surface area contributed by atoms with Crippen LogP contribution in [0.1, 0.15) is 0 Å².